The third-order valence-corrected chi connectivity index (χ3v) is 7.09. The number of nitrogens with two attached hydrogens (primary N) is 1. The number of urea groups is 1. The molecule has 0 bridgehead atoms. The summed E-state index contributed by atoms with van der Waals surface area (Å²) in [6.45, 7) is 8.05. The molecule has 4 N–H and O–H groups in total. The maximum absolute atomic E-state index is 12.2. The topological polar surface area (TPSA) is 148 Å². The van der Waals surface area contributed by atoms with Gasteiger partial charge in [0.1, 0.15) is 16.0 Å². The maximum Gasteiger partial charge on any atom is 0.326 e. The Bertz CT molecular complexity index is 1980. The van der Waals surface area contributed by atoms with E-state index in [1.54, 1.807) is 24.3 Å². The predicted octanol–water partition coefficient (Wildman–Crippen LogP) is 10.1. The lowest BCUT2D eigenvalue weighted by Crippen LogP contribution is -2.21. The third-order valence-electron chi connectivity index (χ3n) is 6.70. The number of anilines is 3. The van der Waals surface area contributed by atoms with Gasteiger partial charge in [-0.1, -0.05) is 112 Å². The van der Waals surface area contributed by atoms with E-state index in [9.17, 15) is 9.70 Å². The van der Waals surface area contributed by atoms with Crippen LogP contribution in [0.2, 0.25) is 10.3 Å². The molecule has 0 spiro atoms. The standard InChI is InChI=1S/C18H17ClN4O.C10H7NO.C7H10ClN3/c1-11(2)15-10-16(19)22-17(21-15)23-18(24)20-14-8-7-12-5-3-4-6-13(12)9-14;12-11-10-6-5-8-3-1-2-4-9(8)7-10;1-4(2)5-3-6(8)11-7(9)10-5/h3-11H,1-2H3,(H2,20,21,22,23,24);1-7H;3-4H,1-2H3,(H2,9,10,11). The predicted molar refractivity (Wildman–Crippen MR) is 193 cm³/mol. The van der Waals surface area contributed by atoms with Gasteiger partial charge in [0, 0.05) is 11.4 Å². The number of rotatable bonds is 5. The first-order valence-corrected chi connectivity index (χ1v) is 15.5. The number of hydrogen-bond donors (Lipinski definition) is 3. The van der Waals surface area contributed by atoms with Gasteiger partial charge in [0.05, 0.1) is 5.69 Å². The second-order valence-electron chi connectivity index (χ2n) is 11.0. The van der Waals surface area contributed by atoms with E-state index in [1.807, 2.05) is 100 Å². The molecular weight excluding hydrogens is 635 g/mol. The summed E-state index contributed by atoms with van der Waals surface area (Å²) in [4.78, 5) is 38.5. The molecule has 0 atom stereocenters. The Morgan fingerprint density at radius 2 is 1.19 bits per heavy atom. The van der Waals surface area contributed by atoms with Gasteiger partial charge >= 0.3 is 6.03 Å². The summed E-state index contributed by atoms with van der Waals surface area (Å²) in [5, 5.41) is 13.3. The van der Waals surface area contributed by atoms with Crippen LogP contribution in [0.25, 0.3) is 21.5 Å². The van der Waals surface area contributed by atoms with Crippen LogP contribution in [0.4, 0.5) is 28.1 Å². The molecule has 47 heavy (non-hydrogen) atoms. The molecule has 6 aromatic rings. The van der Waals surface area contributed by atoms with Crippen molar-refractivity contribution in [3.05, 3.63) is 124 Å². The fraction of sp³-hybridized carbons (Fsp3) is 0.171. The van der Waals surface area contributed by atoms with Crippen LogP contribution in [0.1, 0.15) is 50.9 Å². The molecule has 0 aliphatic carbocycles. The van der Waals surface area contributed by atoms with Crippen LogP contribution in [-0.2, 0) is 0 Å². The quantitative estimate of drug-likeness (QED) is 0.122. The molecule has 0 aliphatic rings. The number of benzene rings is 4. The van der Waals surface area contributed by atoms with Gasteiger partial charge in [-0.15, -0.1) is 4.91 Å². The highest BCUT2D eigenvalue weighted by Gasteiger charge is 2.10. The number of nitrogens with zero attached hydrogens (tertiary/aromatic N) is 5. The summed E-state index contributed by atoms with van der Waals surface area (Å²) in [6, 6.07) is 29.9. The number of amides is 2. The van der Waals surface area contributed by atoms with Crippen molar-refractivity contribution in [2.24, 2.45) is 5.18 Å². The highest BCUT2D eigenvalue weighted by molar-refractivity contribution is 6.29. The molecule has 2 amide bonds. The second kappa shape index (κ2) is 16.4. The van der Waals surface area contributed by atoms with Gasteiger partial charge < -0.3 is 11.1 Å². The lowest BCUT2D eigenvalue weighted by molar-refractivity contribution is 0.262. The van der Waals surface area contributed by atoms with E-state index >= 15 is 0 Å². The van der Waals surface area contributed by atoms with Crippen LogP contribution in [-0.4, -0.2) is 26.0 Å². The first kappa shape index (κ1) is 34.7. The van der Waals surface area contributed by atoms with E-state index in [2.05, 4.69) is 35.7 Å². The summed E-state index contributed by atoms with van der Waals surface area (Å²) < 4.78 is 0. The van der Waals surface area contributed by atoms with E-state index in [-0.39, 0.29) is 17.8 Å². The van der Waals surface area contributed by atoms with Gasteiger partial charge in [-0.25, -0.2) is 24.7 Å². The van der Waals surface area contributed by atoms with Crippen LogP contribution in [0.5, 0.6) is 0 Å². The van der Waals surface area contributed by atoms with Crippen molar-refractivity contribution >= 4 is 74.0 Å². The number of hydrogen-bond acceptors (Lipinski definition) is 8. The van der Waals surface area contributed by atoms with E-state index < -0.39 is 6.03 Å². The molecule has 6 rings (SSSR count). The molecule has 2 heterocycles. The molecule has 0 fully saturated rings. The summed E-state index contributed by atoms with van der Waals surface area (Å²) in [5.74, 6) is 0.943. The highest BCUT2D eigenvalue weighted by Crippen LogP contribution is 2.22. The van der Waals surface area contributed by atoms with Crippen molar-refractivity contribution in [1.82, 2.24) is 19.9 Å². The van der Waals surface area contributed by atoms with Crippen LogP contribution >= 0.6 is 23.2 Å². The highest BCUT2D eigenvalue weighted by atomic mass is 35.5. The number of carbonyl (C=O) groups is 1. The first-order chi connectivity index (χ1) is 22.5. The average Bonchev–Trinajstić information content (AvgIpc) is 3.04. The molecule has 240 valence electrons. The molecule has 0 aliphatic heterocycles. The minimum Gasteiger partial charge on any atom is -0.368 e. The fourth-order valence-electron chi connectivity index (χ4n) is 4.30. The second-order valence-corrected chi connectivity index (χ2v) is 11.8. The zero-order valence-corrected chi connectivity index (χ0v) is 27.8. The number of carbonyl (C=O) groups excluding carboxylic acids is 1. The average molecular weight is 670 g/mol. The molecule has 0 radical (unpaired) electrons. The molecule has 10 nitrogen and oxygen atoms in total. The minimum atomic E-state index is -0.415. The summed E-state index contributed by atoms with van der Waals surface area (Å²) in [7, 11) is 0. The molecule has 2 aromatic heterocycles. The normalized spacial score (nSPS) is 10.6. The van der Waals surface area contributed by atoms with Crippen molar-refractivity contribution in [2.45, 2.75) is 39.5 Å². The Balaban J connectivity index is 0.000000181. The van der Waals surface area contributed by atoms with Crippen molar-refractivity contribution in [3.63, 3.8) is 0 Å². The molecule has 0 saturated carbocycles. The molecular formula is C35H34Cl2N8O2. The first-order valence-electron chi connectivity index (χ1n) is 14.7. The van der Waals surface area contributed by atoms with Crippen LogP contribution in [0.3, 0.4) is 0 Å². The van der Waals surface area contributed by atoms with Crippen molar-refractivity contribution in [2.75, 3.05) is 16.4 Å². The Morgan fingerprint density at radius 1 is 0.660 bits per heavy atom. The van der Waals surface area contributed by atoms with Crippen LogP contribution in [0.15, 0.2) is 102 Å². The van der Waals surface area contributed by atoms with Crippen LogP contribution < -0.4 is 16.4 Å². The monoisotopic (exact) mass is 668 g/mol. The van der Waals surface area contributed by atoms with Gasteiger partial charge in [-0.3, -0.25) is 5.32 Å². The largest absolute Gasteiger partial charge is 0.368 e. The molecule has 0 unspecified atom stereocenters. The Labute approximate surface area is 282 Å². The number of nitroso groups, excluding NO2 is 1. The molecule has 4 aromatic carbocycles. The maximum atomic E-state index is 12.2. The van der Waals surface area contributed by atoms with Crippen molar-refractivity contribution in [3.8, 4) is 0 Å². The van der Waals surface area contributed by atoms with Gasteiger partial charge in [-0.2, -0.15) is 0 Å². The summed E-state index contributed by atoms with van der Waals surface area (Å²) in [6.07, 6.45) is 0. The van der Waals surface area contributed by atoms with Gasteiger partial charge in [0.15, 0.2) is 0 Å². The van der Waals surface area contributed by atoms with Crippen LogP contribution in [0, 0.1) is 4.91 Å². The van der Waals surface area contributed by atoms with Gasteiger partial charge in [-0.05, 0) is 75.0 Å². The third kappa shape index (κ3) is 10.4. The number of nitrogens with one attached hydrogen (secondary N) is 2. The smallest absolute Gasteiger partial charge is 0.326 e. The fourth-order valence-corrected chi connectivity index (χ4v) is 4.69. The van der Waals surface area contributed by atoms with Gasteiger partial charge in [0.2, 0.25) is 11.9 Å². The van der Waals surface area contributed by atoms with Crippen molar-refractivity contribution in [1.29, 1.82) is 0 Å². The van der Waals surface area contributed by atoms with E-state index in [1.165, 1.54) is 0 Å². The molecule has 0 saturated heterocycles. The summed E-state index contributed by atoms with van der Waals surface area (Å²) >= 11 is 11.6. The van der Waals surface area contributed by atoms with E-state index in [4.69, 9.17) is 28.9 Å². The lowest BCUT2D eigenvalue weighted by atomic mass is 10.1. The minimum absolute atomic E-state index is 0.185. The van der Waals surface area contributed by atoms with E-state index in [0.717, 1.165) is 32.9 Å². The number of nitrogen functional groups attached to an aromatic ring is 1. The number of aromatic nitrogens is 4. The number of fused-ring (bicyclic) bond motifs is 2. The van der Waals surface area contributed by atoms with E-state index in [0.29, 0.717) is 27.6 Å². The number of halogens is 2. The Kier molecular flexibility index (Phi) is 12.1. The Morgan fingerprint density at radius 3 is 1.77 bits per heavy atom. The van der Waals surface area contributed by atoms with Crippen molar-refractivity contribution < 1.29 is 4.79 Å². The lowest BCUT2D eigenvalue weighted by Gasteiger charge is -2.10. The molecule has 12 heteroatoms. The zero-order valence-electron chi connectivity index (χ0n) is 26.3. The zero-order chi connectivity index (χ0) is 33.9. The SMILES string of the molecule is CC(C)c1cc(Cl)nc(N)n1.CC(C)c1cc(Cl)nc(NC(=O)Nc2ccc3ccccc3c2)n1.O=Nc1ccc2ccccc2c1. The summed E-state index contributed by atoms with van der Waals surface area (Å²) in [5.41, 5.74) is 8.21. The Hall–Kier alpha value is -5.19. The van der Waals surface area contributed by atoms with Gasteiger partial charge in [0.25, 0.3) is 0 Å².